The van der Waals surface area contributed by atoms with Gasteiger partial charge in [-0.05, 0) is 30.5 Å². The number of hydrogen-bond donors (Lipinski definition) is 3. The van der Waals surface area contributed by atoms with Crippen LogP contribution in [0.1, 0.15) is 23.7 Å². The number of benzene rings is 1. The second-order valence-corrected chi connectivity index (χ2v) is 4.88. The fourth-order valence-electron chi connectivity index (χ4n) is 2.46. The molecule has 18 heavy (non-hydrogen) atoms. The number of amides is 1. The van der Waals surface area contributed by atoms with Crippen molar-refractivity contribution in [2.45, 2.75) is 19.4 Å². The highest BCUT2D eigenvalue weighted by atomic mass is 16.1. The molecular weight excluding hydrogens is 226 g/mol. The summed E-state index contributed by atoms with van der Waals surface area (Å²) < 4.78 is 0. The second-order valence-electron chi connectivity index (χ2n) is 4.88. The molecule has 1 aromatic heterocycles. The van der Waals surface area contributed by atoms with E-state index in [2.05, 4.69) is 46.8 Å². The van der Waals surface area contributed by atoms with Crippen LogP contribution in [0.25, 0.3) is 10.9 Å². The van der Waals surface area contributed by atoms with E-state index >= 15 is 0 Å². The van der Waals surface area contributed by atoms with Gasteiger partial charge in [0.05, 0.1) is 6.04 Å². The van der Waals surface area contributed by atoms with Crippen LogP contribution >= 0.6 is 0 Å². The van der Waals surface area contributed by atoms with E-state index in [0.29, 0.717) is 13.0 Å². The van der Waals surface area contributed by atoms with Crippen LogP contribution < -0.4 is 10.6 Å². The first-order valence-corrected chi connectivity index (χ1v) is 6.32. The number of H-pyrrole nitrogens is 1. The predicted molar refractivity (Wildman–Crippen MR) is 71.4 cm³/mol. The van der Waals surface area contributed by atoms with Crippen molar-refractivity contribution in [3.8, 4) is 0 Å². The number of fused-ring (bicyclic) bond motifs is 1. The van der Waals surface area contributed by atoms with E-state index in [9.17, 15) is 4.79 Å². The first kappa shape index (κ1) is 11.3. The summed E-state index contributed by atoms with van der Waals surface area (Å²) in [6, 6.07) is 8.56. The number of carbonyl (C=O) groups is 1. The Hall–Kier alpha value is -1.81. The molecule has 1 unspecified atom stereocenters. The number of hydrogen-bond acceptors (Lipinski definition) is 2. The molecule has 1 aromatic carbocycles. The summed E-state index contributed by atoms with van der Waals surface area (Å²) in [7, 11) is 0. The average molecular weight is 243 g/mol. The Morgan fingerprint density at radius 3 is 3.00 bits per heavy atom. The lowest BCUT2D eigenvalue weighted by atomic mass is 10.1. The van der Waals surface area contributed by atoms with Gasteiger partial charge in [0.1, 0.15) is 0 Å². The van der Waals surface area contributed by atoms with E-state index in [0.717, 1.165) is 17.8 Å². The zero-order valence-corrected chi connectivity index (χ0v) is 10.4. The Kier molecular flexibility index (Phi) is 2.80. The molecule has 4 nitrogen and oxygen atoms in total. The Labute approximate surface area is 106 Å². The minimum Gasteiger partial charge on any atom is -0.357 e. The van der Waals surface area contributed by atoms with Crippen molar-refractivity contribution < 1.29 is 4.79 Å². The Morgan fingerprint density at radius 2 is 2.11 bits per heavy atom. The van der Waals surface area contributed by atoms with Crippen molar-refractivity contribution in [1.29, 1.82) is 0 Å². The zero-order valence-electron chi connectivity index (χ0n) is 10.4. The van der Waals surface area contributed by atoms with Crippen LogP contribution in [-0.2, 0) is 4.79 Å². The molecule has 0 bridgehead atoms. The Balaban J connectivity index is 1.95. The van der Waals surface area contributed by atoms with Crippen LogP contribution in [0.5, 0.6) is 0 Å². The third-order valence-electron chi connectivity index (χ3n) is 3.40. The van der Waals surface area contributed by atoms with Gasteiger partial charge in [0.15, 0.2) is 0 Å². The van der Waals surface area contributed by atoms with Gasteiger partial charge in [0.2, 0.25) is 5.91 Å². The number of nitrogens with one attached hydrogen (secondary N) is 3. The molecule has 0 saturated carbocycles. The molecule has 4 heteroatoms. The summed E-state index contributed by atoms with van der Waals surface area (Å²) in [6.45, 7) is 3.60. The van der Waals surface area contributed by atoms with Crippen molar-refractivity contribution in [3.63, 3.8) is 0 Å². The molecule has 1 atom stereocenters. The van der Waals surface area contributed by atoms with Crippen molar-refractivity contribution in [3.05, 3.63) is 35.5 Å². The van der Waals surface area contributed by atoms with Crippen LogP contribution in [0.4, 0.5) is 0 Å². The van der Waals surface area contributed by atoms with Crippen molar-refractivity contribution in [2.75, 3.05) is 13.1 Å². The molecular formula is C14H17N3O. The van der Waals surface area contributed by atoms with Gasteiger partial charge < -0.3 is 15.6 Å². The van der Waals surface area contributed by atoms with Gasteiger partial charge in [0, 0.05) is 30.7 Å². The van der Waals surface area contributed by atoms with E-state index in [1.54, 1.807) is 0 Å². The van der Waals surface area contributed by atoms with Gasteiger partial charge in [-0.1, -0.05) is 11.6 Å². The maximum atomic E-state index is 11.6. The van der Waals surface area contributed by atoms with Gasteiger partial charge in [-0.25, -0.2) is 0 Å². The van der Waals surface area contributed by atoms with E-state index in [1.165, 1.54) is 10.9 Å². The summed E-state index contributed by atoms with van der Waals surface area (Å²) in [6.07, 6.45) is 0.492. The largest absolute Gasteiger partial charge is 0.357 e. The molecule has 2 aromatic rings. The SMILES string of the molecule is Cc1ccc2[nH]c(C3CC(=O)NCCN3)cc2c1. The second kappa shape index (κ2) is 4.46. The van der Waals surface area contributed by atoms with Gasteiger partial charge in [-0.15, -0.1) is 0 Å². The number of carbonyl (C=O) groups excluding carboxylic acids is 1. The molecule has 1 aliphatic heterocycles. The third-order valence-corrected chi connectivity index (χ3v) is 3.40. The van der Waals surface area contributed by atoms with Crippen molar-refractivity contribution in [1.82, 2.24) is 15.6 Å². The Bertz CT molecular complexity index is 588. The normalized spacial score (nSPS) is 20.7. The van der Waals surface area contributed by atoms with Crippen molar-refractivity contribution >= 4 is 16.8 Å². The standard InChI is InChI=1S/C14H17N3O/c1-9-2-3-11-10(6-9)7-13(17-11)12-8-14(18)16-5-4-15-12/h2-3,6-7,12,15,17H,4-5,8H2,1H3,(H,16,18). The van der Waals surface area contributed by atoms with E-state index in [4.69, 9.17) is 0 Å². The van der Waals surface area contributed by atoms with Crippen LogP contribution in [-0.4, -0.2) is 24.0 Å². The molecule has 3 N–H and O–H groups in total. The summed E-state index contributed by atoms with van der Waals surface area (Å²) in [5.74, 6) is 0.111. The molecule has 1 amide bonds. The number of aryl methyl sites for hydroxylation is 1. The zero-order chi connectivity index (χ0) is 12.5. The highest BCUT2D eigenvalue weighted by molar-refractivity contribution is 5.82. The van der Waals surface area contributed by atoms with Gasteiger partial charge in [-0.2, -0.15) is 0 Å². The predicted octanol–water partition coefficient (Wildman–Crippen LogP) is 1.63. The monoisotopic (exact) mass is 243 g/mol. The molecule has 0 aliphatic carbocycles. The number of aromatic nitrogens is 1. The average Bonchev–Trinajstić information content (AvgIpc) is 2.63. The molecule has 1 saturated heterocycles. The molecule has 3 rings (SSSR count). The van der Waals surface area contributed by atoms with Gasteiger partial charge in [-0.3, -0.25) is 4.79 Å². The van der Waals surface area contributed by atoms with Crippen LogP contribution in [0.15, 0.2) is 24.3 Å². The van der Waals surface area contributed by atoms with Gasteiger partial charge in [0.25, 0.3) is 0 Å². The van der Waals surface area contributed by atoms with Gasteiger partial charge >= 0.3 is 0 Å². The van der Waals surface area contributed by atoms with Crippen molar-refractivity contribution in [2.24, 2.45) is 0 Å². The summed E-state index contributed by atoms with van der Waals surface area (Å²) in [4.78, 5) is 15.0. The van der Waals surface area contributed by atoms with Crippen LogP contribution in [0.3, 0.4) is 0 Å². The summed E-state index contributed by atoms with van der Waals surface area (Å²) in [5.41, 5.74) is 3.47. The number of rotatable bonds is 1. The Morgan fingerprint density at radius 1 is 1.22 bits per heavy atom. The molecule has 1 aliphatic rings. The van der Waals surface area contributed by atoms with E-state index in [-0.39, 0.29) is 11.9 Å². The molecule has 1 fully saturated rings. The maximum absolute atomic E-state index is 11.6. The van der Waals surface area contributed by atoms with E-state index < -0.39 is 0 Å². The maximum Gasteiger partial charge on any atom is 0.222 e. The van der Waals surface area contributed by atoms with Crippen LogP contribution in [0.2, 0.25) is 0 Å². The molecule has 0 spiro atoms. The highest BCUT2D eigenvalue weighted by Gasteiger charge is 2.19. The minimum absolute atomic E-state index is 0.0835. The lowest BCUT2D eigenvalue weighted by molar-refractivity contribution is -0.121. The molecule has 94 valence electrons. The minimum atomic E-state index is 0.0835. The van der Waals surface area contributed by atoms with Crippen LogP contribution in [0, 0.1) is 6.92 Å². The smallest absolute Gasteiger partial charge is 0.222 e. The first-order valence-electron chi connectivity index (χ1n) is 6.32. The number of aromatic amines is 1. The molecule has 0 radical (unpaired) electrons. The lowest BCUT2D eigenvalue weighted by Crippen LogP contribution is -2.24. The first-order chi connectivity index (χ1) is 8.72. The third kappa shape index (κ3) is 2.11. The topological polar surface area (TPSA) is 56.9 Å². The summed E-state index contributed by atoms with van der Waals surface area (Å²) >= 11 is 0. The highest BCUT2D eigenvalue weighted by Crippen LogP contribution is 2.23. The molecule has 2 heterocycles. The summed E-state index contributed by atoms with van der Waals surface area (Å²) in [5, 5.41) is 7.47. The van der Waals surface area contributed by atoms with E-state index in [1.807, 2.05) is 0 Å². The fraction of sp³-hybridized carbons (Fsp3) is 0.357. The fourth-order valence-corrected chi connectivity index (χ4v) is 2.46. The quantitative estimate of drug-likeness (QED) is 0.713. The lowest BCUT2D eigenvalue weighted by Gasteiger charge is -2.12.